The van der Waals surface area contributed by atoms with Crippen molar-refractivity contribution in [2.75, 3.05) is 39.4 Å². The molecule has 3 rings (SSSR count). The number of ether oxygens (including phenoxy) is 1. The smallest absolute Gasteiger partial charge is 0.230 e. The summed E-state index contributed by atoms with van der Waals surface area (Å²) in [6.45, 7) is 5.47. The Hall–Kier alpha value is -1.46. The second-order valence-electron chi connectivity index (χ2n) is 6.51. The molecule has 0 atom stereocenters. The van der Waals surface area contributed by atoms with E-state index >= 15 is 0 Å². The van der Waals surface area contributed by atoms with Gasteiger partial charge in [0.05, 0.1) is 18.6 Å². The largest absolute Gasteiger partial charge is 0.379 e. The quantitative estimate of drug-likeness (QED) is 0.782. The molecular formula is C18H25FN2O2. The van der Waals surface area contributed by atoms with Gasteiger partial charge in [0.1, 0.15) is 5.82 Å². The van der Waals surface area contributed by atoms with E-state index in [-0.39, 0.29) is 11.7 Å². The van der Waals surface area contributed by atoms with Gasteiger partial charge in [0.2, 0.25) is 5.91 Å². The standard InChI is InChI=1S/C18H25FN2O2/c19-16-5-3-15(4-6-16)18(7-8-18)17(22)20-9-1-2-10-21-11-13-23-14-12-21/h3-6H,1-2,7-14H2,(H,20,22). The van der Waals surface area contributed by atoms with Crippen molar-refractivity contribution in [1.29, 1.82) is 0 Å². The molecule has 0 aromatic heterocycles. The van der Waals surface area contributed by atoms with Crippen LogP contribution in [0.1, 0.15) is 31.2 Å². The Bertz CT molecular complexity index is 522. The Kier molecular flexibility index (Phi) is 5.28. The van der Waals surface area contributed by atoms with Crippen LogP contribution in [0.2, 0.25) is 0 Å². The van der Waals surface area contributed by atoms with Crippen molar-refractivity contribution in [2.24, 2.45) is 0 Å². The van der Waals surface area contributed by atoms with Crippen LogP contribution in [-0.2, 0) is 14.9 Å². The average Bonchev–Trinajstić information content (AvgIpc) is 3.38. The second-order valence-corrected chi connectivity index (χ2v) is 6.51. The topological polar surface area (TPSA) is 41.6 Å². The van der Waals surface area contributed by atoms with Gasteiger partial charge in [-0.2, -0.15) is 0 Å². The molecule has 0 radical (unpaired) electrons. The molecule has 126 valence electrons. The van der Waals surface area contributed by atoms with Gasteiger partial charge in [0.25, 0.3) is 0 Å². The van der Waals surface area contributed by atoms with Crippen LogP contribution in [0.15, 0.2) is 24.3 Å². The first-order valence-electron chi connectivity index (χ1n) is 8.55. The predicted molar refractivity (Wildman–Crippen MR) is 86.8 cm³/mol. The van der Waals surface area contributed by atoms with E-state index in [2.05, 4.69) is 10.2 Å². The van der Waals surface area contributed by atoms with Crippen molar-refractivity contribution in [3.8, 4) is 0 Å². The molecule has 1 N–H and O–H groups in total. The van der Waals surface area contributed by atoms with Crippen molar-refractivity contribution < 1.29 is 13.9 Å². The van der Waals surface area contributed by atoms with Crippen molar-refractivity contribution in [3.63, 3.8) is 0 Å². The summed E-state index contributed by atoms with van der Waals surface area (Å²) in [6.07, 6.45) is 3.79. The molecule has 1 aromatic rings. The Morgan fingerprint density at radius 3 is 2.52 bits per heavy atom. The van der Waals surface area contributed by atoms with Crippen LogP contribution >= 0.6 is 0 Å². The van der Waals surface area contributed by atoms with Crippen molar-refractivity contribution in [2.45, 2.75) is 31.1 Å². The molecule has 1 amide bonds. The second kappa shape index (κ2) is 7.41. The molecule has 1 saturated carbocycles. The van der Waals surface area contributed by atoms with Gasteiger partial charge in [0.15, 0.2) is 0 Å². The minimum absolute atomic E-state index is 0.0930. The fourth-order valence-electron chi connectivity index (χ4n) is 3.20. The van der Waals surface area contributed by atoms with Gasteiger partial charge in [0, 0.05) is 19.6 Å². The van der Waals surface area contributed by atoms with Crippen molar-refractivity contribution in [1.82, 2.24) is 10.2 Å². The van der Waals surface area contributed by atoms with Crippen LogP contribution < -0.4 is 5.32 Å². The Balaban J connectivity index is 1.38. The van der Waals surface area contributed by atoms with E-state index in [1.807, 2.05) is 0 Å². The third kappa shape index (κ3) is 4.09. The van der Waals surface area contributed by atoms with Crippen LogP contribution in [0.5, 0.6) is 0 Å². The zero-order valence-corrected chi connectivity index (χ0v) is 13.5. The van der Waals surface area contributed by atoms with Gasteiger partial charge in [-0.25, -0.2) is 4.39 Å². The highest BCUT2D eigenvalue weighted by Gasteiger charge is 2.50. The Labute approximate surface area is 137 Å². The number of amides is 1. The van der Waals surface area contributed by atoms with E-state index in [1.54, 1.807) is 12.1 Å². The minimum atomic E-state index is -0.405. The van der Waals surface area contributed by atoms with Gasteiger partial charge in [-0.15, -0.1) is 0 Å². The summed E-state index contributed by atoms with van der Waals surface area (Å²) in [5.41, 5.74) is 0.530. The number of carbonyl (C=O) groups is 1. The highest BCUT2D eigenvalue weighted by atomic mass is 19.1. The molecule has 2 aliphatic rings. The average molecular weight is 320 g/mol. The number of hydrogen-bond donors (Lipinski definition) is 1. The summed E-state index contributed by atoms with van der Waals surface area (Å²) in [7, 11) is 0. The summed E-state index contributed by atoms with van der Waals surface area (Å²) in [6, 6.07) is 6.34. The first-order valence-corrected chi connectivity index (χ1v) is 8.55. The van der Waals surface area contributed by atoms with E-state index in [1.165, 1.54) is 12.1 Å². The number of nitrogens with one attached hydrogen (secondary N) is 1. The molecule has 0 unspecified atom stereocenters. The molecule has 1 saturated heterocycles. The maximum Gasteiger partial charge on any atom is 0.230 e. The minimum Gasteiger partial charge on any atom is -0.379 e. The summed E-state index contributed by atoms with van der Waals surface area (Å²) >= 11 is 0. The van der Waals surface area contributed by atoms with Crippen LogP contribution in [-0.4, -0.2) is 50.2 Å². The molecule has 5 heteroatoms. The number of nitrogens with zero attached hydrogens (tertiary/aromatic N) is 1. The normalized spacial score (nSPS) is 20.2. The first kappa shape index (κ1) is 16.4. The lowest BCUT2D eigenvalue weighted by Crippen LogP contribution is -2.38. The number of unbranched alkanes of at least 4 members (excludes halogenated alkanes) is 1. The highest BCUT2D eigenvalue weighted by Crippen LogP contribution is 2.48. The molecule has 1 heterocycles. The van der Waals surface area contributed by atoms with E-state index in [0.717, 1.165) is 64.1 Å². The maximum atomic E-state index is 13.0. The third-order valence-electron chi connectivity index (χ3n) is 4.87. The molecule has 0 bridgehead atoms. The predicted octanol–water partition coefficient (Wildman–Crippen LogP) is 2.09. The van der Waals surface area contributed by atoms with E-state index in [0.29, 0.717) is 6.54 Å². The van der Waals surface area contributed by atoms with Crippen LogP contribution in [0, 0.1) is 5.82 Å². The summed E-state index contributed by atoms with van der Waals surface area (Å²) in [5.74, 6) is -0.163. The number of halogens is 1. The zero-order valence-electron chi connectivity index (χ0n) is 13.5. The van der Waals surface area contributed by atoms with Gasteiger partial charge < -0.3 is 10.1 Å². The van der Waals surface area contributed by atoms with Crippen LogP contribution in [0.4, 0.5) is 4.39 Å². The molecule has 23 heavy (non-hydrogen) atoms. The van der Waals surface area contributed by atoms with E-state index in [9.17, 15) is 9.18 Å². The molecule has 1 aliphatic carbocycles. The number of morpholine rings is 1. The lowest BCUT2D eigenvalue weighted by atomic mass is 9.95. The summed E-state index contributed by atoms with van der Waals surface area (Å²) in [5, 5.41) is 3.06. The maximum absolute atomic E-state index is 13.0. The number of benzene rings is 1. The Morgan fingerprint density at radius 1 is 1.17 bits per heavy atom. The lowest BCUT2D eigenvalue weighted by molar-refractivity contribution is -0.123. The molecule has 4 nitrogen and oxygen atoms in total. The fraction of sp³-hybridized carbons (Fsp3) is 0.611. The van der Waals surface area contributed by atoms with Gasteiger partial charge in [-0.05, 0) is 49.9 Å². The number of carbonyl (C=O) groups excluding carboxylic acids is 1. The highest BCUT2D eigenvalue weighted by molar-refractivity contribution is 5.91. The summed E-state index contributed by atoms with van der Waals surface area (Å²) in [4.78, 5) is 14.9. The monoisotopic (exact) mass is 320 g/mol. The number of rotatable bonds is 7. The summed E-state index contributed by atoms with van der Waals surface area (Å²) < 4.78 is 18.4. The van der Waals surface area contributed by atoms with Crippen molar-refractivity contribution in [3.05, 3.63) is 35.6 Å². The SMILES string of the molecule is O=C(NCCCCN1CCOCC1)C1(c2ccc(F)cc2)CC1. The molecule has 1 aliphatic heterocycles. The fourth-order valence-corrected chi connectivity index (χ4v) is 3.20. The molecular weight excluding hydrogens is 295 g/mol. The molecule has 2 fully saturated rings. The molecule has 1 aromatic carbocycles. The van der Waals surface area contributed by atoms with E-state index in [4.69, 9.17) is 4.74 Å². The number of hydrogen-bond acceptors (Lipinski definition) is 3. The first-order chi connectivity index (χ1) is 11.2. The lowest BCUT2D eigenvalue weighted by Gasteiger charge is -2.26. The van der Waals surface area contributed by atoms with E-state index < -0.39 is 5.41 Å². The van der Waals surface area contributed by atoms with Crippen LogP contribution in [0.25, 0.3) is 0 Å². The zero-order chi connectivity index (χ0) is 16.1. The van der Waals surface area contributed by atoms with Crippen LogP contribution in [0.3, 0.4) is 0 Å². The van der Waals surface area contributed by atoms with Gasteiger partial charge in [-0.3, -0.25) is 9.69 Å². The third-order valence-corrected chi connectivity index (χ3v) is 4.87. The van der Waals surface area contributed by atoms with Crippen molar-refractivity contribution >= 4 is 5.91 Å². The van der Waals surface area contributed by atoms with Gasteiger partial charge in [-0.1, -0.05) is 12.1 Å². The Morgan fingerprint density at radius 2 is 1.87 bits per heavy atom. The van der Waals surface area contributed by atoms with Gasteiger partial charge >= 0.3 is 0 Å². The molecule has 0 spiro atoms.